The topological polar surface area (TPSA) is 138 Å². The highest BCUT2D eigenvalue weighted by Crippen LogP contribution is 2.13. The predicted molar refractivity (Wildman–Crippen MR) is 91.5 cm³/mol. The molecule has 0 bridgehead atoms. The highest BCUT2D eigenvalue weighted by molar-refractivity contribution is 5.96. The number of carboxylic acids is 2. The summed E-state index contributed by atoms with van der Waals surface area (Å²) in [4.78, 5) is 30.9. The van der Waals surface area contributed by atoms with Crippen molar-refractivity contribution in [2.75, 3.05) is 6.61 Å². The molecule has 0 aromatic rings. The Balaban J connectivity index is 0. The number of carboxylic acid groups (broad SMARTS) is 2. The normalized spacial score (nSPS) is 10.7. The molecule has 140 valence electrons. The minimum absolute atomic E-state index is 0.119. The molecular weight excluding hydrogens is 314 g/mol. The van der Waals surface area contributed by atoms with Crippen molar-refractivity contribution < 1.29 is 29.7 Å². The van der Waals surface area contributed by atoms with E-state index in [2.05, 4.69) is 6.92 Å². The molecule has 0 saturated carbocycles. The van der Waals surface area contributed by atoms with Crippen LogP contribution >= 0.6 is 0 Å². The molecule has 0 rings (SSSR count). The monoisotopic (exact) mass is 345 g/mol. The quantitative estimate of drug-likeness (QED) is 0.299. The highest BCUT2D eigenvalue weighted by atomic mass is 16.4. The second-order valence-electron chi connectivity index (χ2n) is 5.47. The second-order valence-corrected chi connectivity index (χ2v) is 5.47. The van der Waals surface area contributed by atoms with Gasteiger partial charge in [-0.1, -0.05) is 51.9 Å². The van der Waals surface area contributed by atoms with Crippen LogP contribution < -0.4 is 5.73 Å². The van der Waals surface area contributed by atoms with Crippen LogP contribution in [0.1, 0.15) is 71.1 Å². The van der Waals surface area contributed by atoms with Gasteiger partial charge in [-0.3, -0.25) is 9.59 Å². The summed E-state index contributed by atoms with van der Waals surface area (Å²) >= 11 is 0. The van der Waals surface area contributed by atoms with Crippen LogP contribution in [0.5, 0.6) is 0 Å². The number of rotatable bonds is 13. The van der Waals surface area contributed by atoms with Crippen LogP contribution in [-0.4, -0.2) is 39.8 Å². The van der Waals surface area contributed by atoms with Crippen molar-refractivity contribution >= 4 is 17.8 Å². The Morgan fingerprint density at radius 2 is 1.38 bits per heavy atom. The van der Waals surface area contributed by atoms with Gasteiger partial charge in [0.25, 0.3) is 0 Å². The number of carbonyl (C=O) groups excluding carboxylic acids is 1. The van der Waals surface area contributed by atoms with Crippen LogP contribution in [0.15, 0.2) is 11.6 Å². The van der Waals surface area contributed by atoms with Crippen molar-refractivity contribution in [1.82, 2.24) is 0 Å². The molecule has 0 unspecified atom stereocenters. The smallest absolute Gasteiger partial charge is 0.331 e. The molecule has 0 atom stereocenters. The van der Waals surface area contributed by atoms with Gasteiger partial charge in [0.15, 0.2) is 0 Å². The summed E-state index contributed by atoms with van der Waals surface area (Å²) in [5.41, 5.74) is 5.07. The SMILES string of the molecule is CCCCCCCCCCC(=CC(N)=O)C(=O)O.O=C(O)CCO. The van der Waals surface area contributed by atoms with Gasteiger partial charge < -0.3 is 21.1 Å². The lowest BCUT2D eigenvalue weighted by Crippen LogP contribution is -2.11. The van der Waals surface area contributed by atoms with Gasteiger partial charge in [-0.2, -0.15) is 0 Å². The lowest BCUT2D eigenvalue weighted by atomic mass is 10.0. The number of unbranched alkanes of at least 4 members (excludes halogenated alkanes) is 7. The van der Waals surface area contributed by atoms with E-state index in [1.807, 2.05) is 0 Å². The summed E-state index contributed by atoms with van der Waals surface area (Å²) in [5.74, 6) is -2.69. The molecule has 5 N–H and O–H groups in total. The van der Waals surface area contributed by atoms with Crippen LogP contribution in [-0.2, 0) is 14.4 Å². The van der Waals surface area contributed by atoms with Gasteiger partial charge in [-0.15, -0.1) is 0 Å². The van der Waals surface area contributed by atoms with Crippen LogP contribution in [0.2, 0.25) is 0 Å². The van der Waals surface area contributed by atoms with Gasteiger partial charge >= 0.3 is 11.9 Å². The van der Waals surface area contributed by atoms with Gasteiger partial charge in [-0.25, -0.2) is 4.79 Å². The van der Waals surface area contributed by atoms with E-state index in [0.717, 1.165) is 25.3 Å². The first kappa shape index (κ1) is 24.4. The molecule has 0 saturated heterocycles. The van der Waals surface area contributed by atoms with Crippen molar-refractivity contribution in [2.24, 2.45) is 5.73 Å². The van der Waals surface area contributed by atoms with Crippen molar-refractivity contribution in [3.05, 3.63) is 11.6 Å². The van der Waals surface area contributed by atoms with Gasteiger partial charge in [-0.05, 0) is 12.8 Å². The molecule has 7 heteroatoms. The fourth-order valence-electron chi connectivity index (χ4n) is 1.96. The van der Waals surface area contributed by atoms with Gasteiger partial charge in [0, 0.05) is 11.6 Å². The average Bonchev–Trinajstić information content (AvgIpc) is 2.48. The Morgan fingerprint density at radius 3 is 1.71 bits per heavy atom. The number of primary amides is 1. The fraction of sp³-hybridized carbons (Fsp3) is 0.706. The molecule has 0 aromatic carbocycles. The molecule has 7 nitrogen and oxygen atoms in total. The van der Waals surface area contributed by atoms with Crippen LogP contribution in [0.3, 0.4) is 0 Å². The molecule has 0 heterocycles. The summed E-state index contributed by atoms with van der Waals surface area (Å²) < 4.78 is 0. The molecule has 0 radical (unpaired) electrons. The molecule has 0 fully saturated rings. The molecule has 0 spiro atoms. The third-order valence-electron chi connectivity index (χ3n) is 3.22. The molecule has 0 aromatic heterocycles. The molecule has 1 amide bonds. The Labute approximate surface area is 143 Å². The maximum absolute atomic E-state index is 10.8. The van der Waals surface area contributed by atoms with E-state index in [9.17, 15) is 14.4 Å². The molecule has 24 heavy (non-hydrogen) atoms. The van der Waals surface area contributed by atoms with E-state index in [-0.39, 0.29) is 18.6 Å². The summed E-state index contributed by atoms with van der Waals surface area (Å²) in [6.07, 6.45) is 10.5. The number of aliphatic hydroxyl groups is 1. The summed E-state index contributed by atoms with van der Waals surface area (Å²) in [6, 6.07) is 0. The van der Waals surface area contributed by atoms with Crippen molar-refractivity contribution in [3.8, 4) is 0 Å². The predicted octanol–water partition coefficient (Wildman–Crippen LogP) is 2.47. The Kier molecular flexibility index (Phi) is 17.7. The first-order valence-electron chi connectivity index (χ1n) is 8.41. The first-order chi connectivity index (χ1) is 11.3. The molecular formula is C17H31NO6. The zero-order valence-electron chi connectivity index (χ0n) is 14.5. The summed E-state index contributed by atoms with van der Waals surface area (Å²) in [7, 11) is 0. The molecule has 0 aliphatic carbocycles. The second kappa shape index (κ2) is 17.5. The number of hydrogen-bond acceptors (Lipinski definition) is 4. The molecule has 0 aliphatic heterocycles. The maximum atomic E-state index is 10.8. The van der Waals surface area contributed by atoms with E-state index >= 15 is 0 Å². The third-order valence-corrected chi connectivity index (χ3v) is 3.22. The van der Waals surface area contributed by atoms with Crippen LogP contribution in [0.4, 0.5) is 0 Å². The Morgan fingerprint density at radius 1 is 0.875 bits per heavy atom. The number of carbonyl (C=O) groups is 3. The fourth-order valence-corrected chi connectivity index (χ4v) is 1.96. The molecule has 0 aliphatic rings. The number of aliphatic hydroxyl groups excluding tert-OH is 1. The first-order valence-corrected chi connectivity index (χ1v) is 8.41. The van der Waals surface area contributed by atoms with E-state index in [4.69, 9.17) is 21.1 Å². The lowest BCUT2D eigenvalue weighted by molar-refractivity contribution is -0.137. The Hall–Kier alpha value is -1.89. The maximum Gasteiger partial charge on any atom is 0.331 e. The largest absolute Gasteiger partial charge is 0.481 e. The Bertz CT molecular complexity index is 393. The number of amides is 1. The average molecular weight is 345 g/mol. The standard InChI is InChI=1S/C14H25NO3.C3H6O3/c1-2-3-4-5-6-7-8-9-10-12(14(17)18)11-13(15)16;4-2-1-3(5)6/h11H,2-10H2,1H3,(H2,15,16)(H,17,18);4H,1-2H2,(H,5,6). The minimum Gasteiger partial charge on any atom is -0.481 e. The van der Waals surface area contributed by atoms with Gasteiger partial charge in [0.05, 0.1) is 13.0 Å². The van der Waals surface area contributed by atoms with E-state index in [0.29, 0.717) is 6.42 Å². The van der Waals surface area contributed by atoms with Gasteiger partial charge in [0.1, 0.15) is 0 Å². The van der Waals surface area contributed by atoms with Crippen molar-refractivity contribution in [3.63, 3.8) is 0 Å². The van der Waals surface area contributed by atoms with Crippen LogP contribution in [0, 0.1) is 0 Å². The van der Waals surface area contributed by atoms with Gasteiger partial charge in [0.2, 0.25) is 5.91 Å². The van der Waals surface area contributed by atoms with E-state index < -0.39 is 17.8 Å². The van der Waals surface area contributed by atoms with E-state index in [1.54, 1.807) is 0 Å². The highest BCUT2D eigenvalue weighted by Gasteiger charge is 2.07. The number of nitrogens with two attached hydrogens (primary N) is 1. The number of hydrogen-bond donors (Lipinski definition) is 4. The third kappa shape index (κ3) is 20.1. The zero-order chi connectivity index (χ0) is 18.8. The summed E-state index contributed by atoms with van der Waals surface area (Å²) in [5, 5.41) is 24.5. The van der Waals surface area contributed by atoms with Crippen molar-refractivity contribution in [1.29, 1.82) is 0 Å². The van der Waals surface area contributed by atoms with E-state index in [1.165, 1.54) is 32.1 Å². The van der Waals surface area contributed by atoms with Crippen molar-refractivity contribution in [2.45, 2.75) is 71.1 Å². The minimum atomic E-state index is -1.04. The lowest BCUT2D eigenvalue weighted by Gasteiger charge is -2.03. The zero-order valence-corrected chi connectivity index (χ0v) is 14.5. The van der Waals surface area contributed by atoms with Crippen LogP contribution in [0.25, 0.3) is 0 Å². The number of aliphatic carboxylic acids is 2. The summed E-state index contributed by atoms with van der Waals surface area (Å²) in [6.45, 7) is 1.92.